The fraction of sp³-hybridized carbons (Fsp3) is 0.684. The average molecular weight is 376 g/mol. The Bertz CT molecular complexity index is 814. The number of rotatable bonds is 5. The fourth-order valence-corrected chi connectivity index (χ4v) is 4.22. The summed E-state index contributed by atoms with van der Waals surface area (Å²) in [6.07, 6.45) is 6.69. The number of nitrogens with one attached hydrogen (secondary N) is 1. The van der Waals surface area contributed by atoms with Gasteiger partial charge in [-0.05, 0) is 25.7 Å². The van der Waals surface area contributed by atoms with Crippen LogP contribution in [0.4, 0.5) is 0 Å². The molecule has 2 aliphatic rings. The van der Waals surface area contributed by atoms with Crippen molar-refractivity contribution in [3.63, 3.8) is 0 Å². The van der Waals surface area contributed by atoms with Crippen LogP contribution >= 0.6 is 0 Å². The Morgan fingerprint density at radius 2 is 2.04 bits per heavy atom. The van der Waals surface area contributed by atoms with E-state index in [1.165, 1.54) is 16.8 Å². The topological polar surface area (TPSA) is 95.5 Å². The molecule has 3 rings (SSSR count). The summed E-state index contributed by atoms with van der Waals surface area (Å²) in [5.74, 6) is 0.0950. The molecule has 0 radical (unpaired) electrons. The highest BCUT2D eigenvalue weighted by Crippen LogP contribution is 2.39. The Kier molecular flexibility index (Phi) is 5.82. The van der Waals surface area contributed by atoms with Gasteiger partial charge in [-0.15, -0.1) is 0 Å². The molecule has 2 amide bonds. The summed E-state index contributed by atoms with van der Waals surface area (Å²) in [5, 5.41) is 0. The van der Waals surface area contributed by atoms with E-state index in [0.29, 0.717) is 26.1 Å². The van der Waals surface area contributed by atoms with Crippen LogP contribution in [0.2, 0.25) is 0 Å². The quantitative estimate of drug-likeness (QED) is 0.813. The Morgan fingerprint density at radius 1 is 1.22 bits per heavy atom. The number of piperidine rings is 2. The number of aromatic nitrogens is 2. The van der Waals surface area contributed by atoms with Crippen LogP contribution < -0.4 is 11.2 Å². The second-order valence-electron chi connectivity index (χ2n) is 7.83. The molecule has 8 heteroatoms. The maximum Gasteiger partial charge on any atom is 0.328 e. The van der Waals surface area contributed by atoms with E-state index in [1.807, 2.05) is 9.80 Å². The third-order valence-electron chi connectivity index (χ3n) is 5.75. The normalized spacial score (nSPS) is 23.1. The lowest BCUT2D eigenvalue weighted by Crippen LogP contribution is -2.55. The smallest absolute Gasteiger partial charge is 0.328 e. The molecule has 2 aliphatic heterocycles. The highest BCUT2D eigenvalue weighted by atomic mass is 16.2. The van der Waals surface area contributed by atoms with Crippen molar-refractivity contribution >= 4 is 11.8 Å². The summed E-state index contributed by atoms with van der Waals surface area (Å²) in [6, 6.07) is 1.24. The average Bonchev–Trinajstić information content (AvgIpc) is 2.65. The van der Waals surface area contributed by atoms with Crippen LogP contribution in [0, 0.1) is 5.41 Å². The largest absolute Gasteiger partial charge is 0.342 e. The van der Waals surface area contributed by atoms with Crippen molar-refractivity contribution in [3.8, 4) is 0 Å². The van der Waals surface area contributed by atoms with E-state index in [2.05, 4.69) is 11.9 Å². The Morgan fingerprint density at radius 3 is 2.78 bits per heavy atom. The number of nitrogens with zero attached hydrogens (tertiary/aromatic N) is 3. The van der Waals surface area contributed by atoms with Crippen LogP contribution in [-0.4, -0.2) is 57.3 Å². The lowest BCUT2D eigenvalue weighted by atomic mass is 9.73. The number of carbonyl (C=O) groups excluding carboxylic acids is 2. The first kappa shape index (κ1) is 19.4. The molecule has 1 aromatic heterocycles. The van der Waals surface area contributed by atoms with Crippen molar-refractivity contribution < 1.29 is 9.59 Å². The highest BCUT2D eigenvalue weighted by molar-refractivity contribution is 5.78. The van der Waals surface area contributed by atoms with E-state index >= 15 is 0 Å². The molecule has 2 saturated heterocycles. The van der Waals surface area contributed by atoms with Gasteiger partial charge in [0.25, 0.3) is 5.56 Å². The van der Waals surface area contributed by atoms with E-state index in [4.69, 9.17) is 0 Å². The van der Waals surface area contributed by atoms with Crippen molar-refractivity contribution in [2.45, 2.75) is 52.0 Å². The maximum atomic E-state index is 12.7. The van der Waals surface area contributed by atoms with Crippen LogP contribution in [0.25, 0.3) is 0 Å². The number of hydrogen-bond donors (Lipinski definition) is 1. The van der Waals surface area contributed by atoms with Gasteiger partial charge in [0.05, 0.1) is 0 Å². The van der Waals surface area contributed by atoms with Crippen molar-refractivity contribution in [2.24, 2.45) is 5.41 Å². The van der Waals surface area contributed by atoms with Gasteiger partial charge in [-0.2, -0.15) is 0 Å². The molecule has 1 atom stereocenters. The van der Waals surface area contributed by atoms with Gasteiger partial charge in [0.1, 0.15) is 6.54 Å². The zero-order chi connectivity index (χ0) is 19.4. The van der Waals surface area contributed by atoms with Gasteiger partial charge in [-0.25, -0.2) is 4.79 Å². The molecule has 0 aromatic carbocycles. The van der Waals surface area contributed by atoms with Crippen LogP contribution in [0.3, 0.4) is 0 Å². The summed E-state index contributed by atoms with van der Waals surface area (Å²) >= 11 is 0. The standard InChI is InChI=1S/C19H28N4O4/c1-2-3-9-22-13-19(8-5-16(22)25)7-4-10-23(14-19)17(26)12-21-11-6-15(24)20-18(21)27/h6,11H,2-5,7-10,12-14H2,1H3,(H,20,24,27)/t19-/m0/s1. The van der Waals surface area contributed by atoms with E-state index < -0.39 is 11.2 Å². The van der Waals surface area contributed by atoms with Crippen LogP contribution in [0.5, 0.6) is 0 Å². The lowest BCUT2D eigenvalue weighted by Gasteiger charge is -2.48. The maximum absolute atomic E-state index is 12.7. The minimum atomic E-state index is -0.573. The molecule has 1 N–H and O–H groups in total. The Balaban J connectivity index is 1.67. The summed E-state index contributed by atoms with van der Waals surface area (Å²) in [6.45, 7) is 4.83. The zero-order valence-electron chi connectivity index (χ0n) is 15.9. The summed E-state index contributed by atoms with van der Waals surface area (Å²) < 4.78 is 1.23. The fourth-order valence-electron chi connectivity index (χ4n) is 4.22. The lowest BCUT2D eigenvalue weighted by molar-refractivity contribution is -0.143. The molecular formula is C19H28N4O4. The van der Waals surface area contributed by atoms with Crippen molar-refractivity contribution in [1.29, 1.82) is 0 Å². The predicted molar refractivity (Wildman–Crippen MR) is 100 cm³/mol. The Labute approximate surface area is 158 Å². The molecule has 0 bridgehead atoms. The number of carbonyl (C=O) groups is 2. The molecule has 27 heavy (non-hydrogen) atoms. The molecular weight excluding hydrogens is 348 g/mol. The minimum absolute atomic E-state index is 0.0362. The van der Waals surface area contributed by atoms with Gasteiger partial charge in [-0.3, -0.25) is 23.9 Å². The second kappa shape index (κ2) is 8.10. The Hall–Kier alpha value is -2.38. The zero-order valence-corrected chi connectivity index (χ0v) is 15.9. The number of H-pyrrole nitrogens is 1. The molecule has 0 aliphatic carbocycles. The second-order valence-corrected chi connectivity index (χ2v) is 7.83. The van der Waals surface area contributed by atoms with Crippen LogP contribution in [-0.2, 0) is 16.1 Å². The van der Waals surface area contributed by atoms with Crippen molar-refractivity contribution in [1.82, 2.24) is 19.4 Å². The van der Waals surface area contributed by atoms with Crippen LogP contribution in [0.1, 0.15) is 45.4 Å². The third-order valence-corrected chi connectivity index (χ3v) is 5.75. The highest BCUT2D eigenvalue weighted by Gasteiger charge is 2.42. The summed E-state index contributed by atoms with van der Waals surface area (Å²) in [5.41, 5.74) is -1.08. The van der Waals surface area contributed by atoms with Gasteiger partial charge >= 0.3 is 5.69 Å². The molecule has 2 fully saturated rings. The van der Waals surface area contributed by atoms with Gasteiger partial charge in [-0.1, -0.05) is 13.3 Å². The molecule has 3 heterocycles. The molecule has 0 saturated carbocycles. The first-order valence-electron chi connectivity index (χ1n) is 9.78. The molecule has 0 unspecified atom stereocenters. The molecule has 1 aromatic rings. The van der Waals surface area contributed by atoms with Gasteiger partial charge in [0, 0.05) is 50.3 Å². The van der Waals surface area contributed by atoms with E-state index in [-0.39, 0.29) is 23.8 Å². The predicted octanol–water partition coefficient (Wildman–Crippen LogP) is 0.568. The van der Waals surface area contributed by atoms with Crippen LogP contribution in [0.15, 0.2) is 21.9 Å². The molecule has 148 valence electrons. The molecule has 1 spiro atoms. The van der Waals surface area contributed by atoms with Gasteiger partial charge in [0.2, 0.25) is 11.8 Å². The number of amides is 2. The van der Waals surface area contributed by atoms with Gasteiger partial charge in [0.15, 0.2) is 0 Å². The van der Waals surface area contributed by atoms with Gasteiger partial charge < -0.3 is 9.80 Å². The number of hydrogen-bond acceptors (Lipinski definition) is 4. The first-order chi connectivity index (χ1) is 12.9. The number of likely N-dealkylation sites (tertiary alicyclic amines) is 2. The van der Waals surface area contributed by atoms with E-state index in [9.17, 15) is 19.2 Å². The van der Waals surface area contributed by atoms with E-state index in [1.54, 1.807) is 0 Å². The number of aromatic amines is 1. The van der Waals surface area contributed by atoms with E-state index in [0.717, 1.165) is 38.6 Å². The number of unbranched alkanes of at least 4 members (excludes halogenated alkanes) is 1. The third kappa shape index (κ3) is 4.48. The minimum Gasteiger partial charge on any atom is -0.342 e. The van der Waals surface area contributed by atoms with Crippen molar-refractivity contribution in [3.05, 3.63) is 33.1 Å². The summed E-state index contributed by atoms with van der Waals surface area (Å²) in [7, 11) is 0. The SMILES string of the molecule is CCCCN1C[C@]2(CCCN(C(=O)Cn3ccc(=O)[nH]c3=O)C2)CCC1=O. The summed E-state index contributed by atoms with van der Waals surface area (Å²) in [4.78, 5) is 53.9. The first-order valence-corrected chi connectivity index (χ1v) is 9.78. The monoisotopic (exact) mass is 376 g/mol. The van der Waals surface area contributed by atoms with Crippen molar-refractivity contribution in [2.75, 3.05) is 26.2 Å². The molecule has 8 nitrogen and oxygen atoms in total.